The molecule has 1 aliphatic rings. The van der Waals surface area contributed by atoms with Gasteiger partial charge < -0.3 is 9.47 Å². The zero-order chi connectivity index (χ0) is 24.8. The van der Waals surface area contributed by atoms with Crippen molar-refractivity contribution in [2.45, 2.75) is 0 Å². The molecule has 1 aliphatic heterocycles. The van der Waals surface area contributed by atoms with Crippen LogP contribution in [0.5, 0.6) is 11.5 Å². The van der Waals surface area contributed by atoms with E-state index >= 15 is 0 Å². The first-order valence-corrected chi connectivity index (χ1v) is 12.4. The molecular formula is C27H18N6O3S. The number of ether oxygens (including phenoxy) is 2. The third kappa shape index (κ3) is 3.83. The summed E-state index contributed by atoms with van der Waals surface area (Å²) in [6.45, 7) is 1.02. The smallest absolute Gasteiger partial charge is 0.291 e. The molecule has 37 heavy (non-hydrogen) atoms. The van der Waals surface area contributed by atoms with Gasteiger partial charge >= 0.3 is 0 Å². The zero-order valence-electron chi connectivity index (χ0n) is 19.3. The average molecular weight is 507 g/mol. The second-order valence-corrected chi connectivity index (χ2v) is 9.36. The van der Waals surface area contributed by atoms with Gasteiger partial charge in [-0.05, 0) is 48.5 Å². The van der Waals surface area contributed by atoms with Crippen molar-refractivity contribution < 1.29 is 9.47 Å². The summed E-state index contributed by atoms with van der Waals surface area (Å²) in [4.78, 5) is 22.4. The Morgan fingerprint density at radius 1 is 0.892 bits per heavy atom. The van der Waals surface area contributed by atoms with Crippen molar-refractivity contribution in [1.82, 2.24) is 29.4 Å². The van der Waals surface area contributed by atoms with Crippen LogP contribution in [0.15, 0.2) is 84.0 Å². The number of pyridine rings is 1. The number of aromatic nitrogens is 6. The van der Waals surface area contributed by atoms with E-state index in [0.717, 1.165) is 28.1 Å². The number of hydrogen-bond donors (Lipinski definition) is 0. The van der Waals surface area contributed by atoms with Crippen LogP contribution >= 0.6 is 11.3 Å². The lowest BCUT2D eigenvalue weighted by molar-refractivity contribution is 0.171. The van der Waals surface area contributed by atoms with Crippen molar-refractivity contribution >= 4 is 22.4 Å². The van der Waals surface area contributed by atoms with Crippen LogP contribution in [0, 0.1) is 0 Å². The molecular weight excluding hydrogens is 488 g/mol. The first-order chi connectivity index (χ1) is 18.2. The minimum absolute atomic E-state index is 0.228. The summed E-state index contributed by atoms with van der Waals surface area (Å²) in [6, 6.07) is 19.2. The van der Waals surface area contributed by atoms with Gasteiger partial charge in [-0.2, -0.15) is 14.6 Å². The number of fused-ring (bicyclic) bond motifs is 2. The molecule has 0 bridgehead atoms. The number of nitrogens with zero attached hydrogens (tertiary/aromatic N) is 6. The molecule has 0 fully saturated rings. The molecule has 0 saturated heterocycles. The van der Waals surface area contributed by atoms with E-state index in [1.54, 1.807) is 17.1 Å². The van der Waals surface area contributed by atoms with Gasteiger partial charge in [0.25, 0.3) is 5.56 Å². The van der Waals surface area contributed by atoms with Crippen LogP contribution in [0.4, 0.5) is 0 Å². The Balaban J connectivity index is 1.37. The third-order valence-electron chi connectivity index (χ3n) is 5.99. The fraction of sp³-hybridized carbons (Fsp3) is 0.0741. The van der Waals surface area contributed by atoms with Crippen molar-refractivity contribution in [3.8, 4) is 39.8 Å². The van der Waals surface area contributed by atoms with Crippen molar-refractivity contribution in [1.29, 1.82) is 0 Å². The number of thiazole rings is 1. The Bertz CT molecular complexity index is 1860. The van der Waals surface area contributed by atoms with Crippen molar-refractivity contribution in [2.75, 3.05) is 13.2 Å². The summed E-state index contributed by atoms with van der Waals surface area (Å²) in [7, 11) is 0. The first-order valence-electron chi connectivity index (χ1n) is 11.6. The largest absolute Gasteiger partial charge is 0.486 e. The number of benzene rings is 2. The molecule has 10 heteroatoms. The summed E-state index contributed by atoms with van der Waals surface area (Å²) in [5.74, 6) is 1.88. The molecule has 0 spiro atoms. The third-order valence-corrected chi connectivity index (χ3v) is 6.95. The normalized spacial score (nSPS) is 13.4. The van der Waals surface area contributed by atoms with E-state index in [0.29, 0.717) is 40.0 Å². The Kier molecular flexibility index (Phi) is 5.03. The zero-order valence-corrected chi connectivity index (χ0v) is 20.1. The molecule has 180 valence electrons. The molecule has 9 nitrogen and oxygen atoms in total. The van der Waals surface area contributed by atoms with Gasteiger partial charge in [0.15, 0.2) is 17.3 Å². The maximum atomic E-state index is 13.3. The molecule has 0 amide bonds. The summed E-state index contributed by atoms with van der Waals surface area (Å²) in [6.07, 6.45) is 7.10. The van der Waals surface area contributed by atoms with E-state index in [-0.39, 0.29) is 5.56 Å². The minimum atomic E-state index is -0.228. The molecule has 0 unspecified atom stereocenters. The quantitative estimate of drug-likeness (QED) is 0.362. The molecule has 0 N–H and O–H groups in total. The highest BCUT2D eigenvalue weighted by molar-refractivity contribution is 7.15. The van der Waals surface area contributed by atoms with Gasteiger partial charge in [0, 0.05) is 35.3 Å². The fourth-order valence-electron chi connectivity index (χ4n) is 4.22. The number of hydrogen-bond acceptors (Lipinski definition) is 8. The molecule has 2 aromatic carbocycles. The SMILES string of the molecule is O=c1c(=Cc2cn(-c3ccccc3)nc2-c2ccc3c(c2)OCCO3)sc2nc(-c3ccncc3)nn12. The van der Waals surface area contributed by atoms with Crippen LogP contribution in [0.25, 0.3) is 39.4 Å². The minimum Gasteiger partial charge on any atom is -0.486 e. The highest BCUT2D eigenvalue weighted by Gasteiger charge is 2.18. The molecule has 7 rings (SSSR count). The van der Waals surface area contributed by atoms with E-state index in [9.17, 15) is 4.79 Å². The van der Waals surface area contributed by atoms with Gasteiger partial charge in [-0.15, -0.1) is 5.10 Å². The Morgan fingerprint density at radius 3 is 2.51 bits per heavy atom. The van der Waals surface area contributed by atoms with Crippen molar-refractivity contribution in [3.63, 3.8) is 0 Å². The van der Waals surface area contributed by atoms with E-state index in [1.807, 2.05) is 72.9 Å². The fourth-order valence-corrected chi connectivity index (χ4v) is 5.12. The second kappa shape index (κ2) is 8.68. The van der Waals surface area contributed by atoms with Crippen LogP contribution in [0.2, 0.25) is 0 Å². The summed E-state index contributed by atoms with van der Waals surface area (Å²) >= 11 is 1.29. The summed E-state index contributed by atoms with van der Waals surface area (Å²) < 4.78 is 15.1. The lowest BCUT2D eigenvalue weighted by atomic mass is 10.1. The van der Waals surface area contributed by atoms with Crippen LogP contribution in [0.3, 0.4) is 0 Å². The topological polar surface area (TPSA) is 96.4 Å². The van der Waals surface area contributed by atoms with Crippen LogP contribution < -0.4 is 19.6 Å². The van der Waals surface area contributed by atoms with Gasteiger partial charge in [-0.3, -0.25) is 9.78 Å². The molecule has 0 aliphatic carbocycles. The lowest BCUT2D eigenvalue weighted by Gasteiger charge is -2.18. The van der Waals surface area contributed by atoms with Crippen LogP contribution in [-0.2, 0) is 0 Å². The molecule has 0 saturated carbocycles. The van der Waals surface area contributed by atoms with Crippen LogP contribution in [0.1, 0.15) is 5.56 Å². The standard InChI is InChI=1S/C27H18N6O3S/c34-26-23(37-27-29-25(31-33(26)27)17-8-10-28-11-9-17)15-19-16-32(20-4-2-1-3-5-20)30-24(19)18-6-7-21-22(14-18)36-13-12-35-21/h1-11,14-16H,12-13H2. The highest BCUT2D eigenvalue weighted by atomic mass is 32.1. The molecule has 4 aromatic heterocycles. The Hall–Kier alpha value is -4.83. The van der Waals surface area contributed by atoms with E-state index in [1.165, 1.54) is 15.9 Å². The summed E-state index contributed by atoms with van der Waals surface area (Å²) in [5, 5.41) is 9.30. The molecule has 0 radical (unpaired) electrons. The number of para-hydroxylation sites is 1. The first kappa shape index (κ1) is 21.5. The summed E-state index contributed by atoms with van der Waals surface area (Å²) in [5.41, 5.74) is 3.85. The Labute approximate surface area is 213 Å². The maximum absolute atomic E-state index is 13.3. The van der Waals surface area contributed by atoms with Crippen LogP contribution in [-0.4, -0.2) is 42.6 Å². The van der Waals surface area contributed by atoms with Gasteiger partial charge in [0.1, 0.15) is 18.9 Å². The van der Waals surface area contributed by atoms with Gasteiger partial charge in [-0.25, -0.2) is 4.68 Å². The van der Waals surface area contributed by atoms with E-state index in [4.69, 9.17) is 14.6 Å². The molecule has 6 aromatic rings. The van der Waals surface area contributed by atoms with Crippen molar-refractivity contribution in [2.24, 2.45) is 0 Å². The van der Waals surface area contributed by atoms with Gasteiger partial charge in [-0.1, -0.05) is 29.5 Å². The molecule has 5 heterocycles. The monoisotopic (exact) mass is 506 g/mol. The predicted octanol–water partition coefficient (Wildman–Crippen LogP) is 3.38. The predicted molar refractivity (Wildman–Crippen MR) is 139 cm³/mol. The maximum Gasteiger partial charge on any atom is 0.291 e. The molecule has 0 atom stereocenters. The second-order valence-electron chi connectivity index (χ2n) is 8.35. The van der Waals surface area contributed by atoms with E-state index < -0.39 is 0 Å². The van der Waals surface area contributed by atoms with E-state index in [2.05, 4.69) is 15.1 Å². The van der Waals surface area contributed by atoms with Gasteiger partial charge in [0.05, 0.1) is 10.2 Å². The highest BCUT2D eigenvalue weighted by Crippen LogP contribution is 2.35. The van der Waals surface area contributed by atoms with Crippen molar-refractivity contribution in [3.05, 3.63) is 99.7 Å². The average Bonchev–Trinajstić information content (AvgIpc) is 3.64. The lowest BCUT2D eigenvalue weighted by Crippen LogP contribution is -2.23. The van der Waals surface area contributed by atoms with Gasteiger partial charge in [0.2, 0.25) is 4.96 Å². The Morgan fingerprint density at radius 2 is 1.70 bits per heavy atom. The number of rotatable bonds is 4.